The first kappa shape index (κ1) is 15.5. The number of nitrogen functional groups attached to an aromatic ring is 1. The Balaban J connectivity index is 2.24. The maximum absolute atomic E-state index is 12.5. The maximum atomic E-state index is 12.5. The average molecular weight is 305 g/mol. The molecule has 1 aromatic rings. The Kier molecular flexibility index (Phi) is 4.66. The molecule has 0 saturated carbocycles. The van der Waals surface area contributed by atoms with Gasteiger partial charge in [-0.1, -0.05) is 0 Å². The van der Waals surface area contributed by atoms with Gasteiger partial charge >= 0.3 is 6.18 Å². The number of alkyl halides is 3. The van der Waals surface area contributed by atoms with Crippen LogP contribution in [-0.2, 0) is 0 Å². The van der Waals surface area contributed by atoms with Gasteiger partial charge in [0.2, 0.25) is 17.8 Å². The molecule has 1 saturated heterocycles. The highest BCUT2D eigenvalue weighted by atomic mass is 19.4. The molecule has 21 heavy (non-hydrogen) atoms. The minimum absolute atomic E-state index is 0.0506. The van der Waals surface area contributed by atoms with Gasteiger partial charge in [0.15, 0.2) is 0 Å². The summed E-state index contributed by atoms with van der Waals surface area (Å²) in [5.41, 5.74) is 2.27. The summed E-state index contributed by atoms with van der Waals surface area (Å²) < 4.78 is 37.4. The molecule has 1 aliphatic rings. The Morgan fingerprint density at radius 1 is 1.19 bits per heavy atom. The lowest BCUT2D eigenvalue weighted by Crippen LogP contribution is -2.35. The highest BCUT2D eigenvalue weighted by Crippen LogP contribution is 2.22. The fraction of sp³-hybridized carbons (Fsp3) is 0.727. The highest BCUT2D eigenvalue weighted by molar-refractivity contribution is 5.44. The number of piperidine rings is 1. The first-order valence-electron chi connectivity index (χ1n) is 6.64. The Labute approximate surface area is 120 Å². The van der Waals surface area contributed by atoms with Crippen LogP contribution in [0.25, 0.3) is 0 Å². The number of halogens is 3. The lowest BCUT2D eigenvalue weighted by atomic mass is 10.1. The molecule has 10 heteroatoms. The van der Waals surface area contributed by atoms with Crippen molar-refractivity contribution in [3.8, 4) is 0 Å². The molecule has 0 aromatic carbocycles. The summed E-state index contributed by atoms with van der Waals surface area (Å²) in [6, 6.07) is 0. The van der Waals surface area contributed by atoms with Gasteiger partial charge in [0.05, 0.1) is 0 Å². The van der Waals surface area contributed by atoms with E-state index in [0.717, 1.165) is 37.3 Å². The van der Waals surface area contributed by atoms with Gasteiger partial charge in [0, 0.05) is 20.1 Å². The van der Waals surface area contributed by atoms with Gasteiger partial charge in [0.1, 0.15) is 6.54 Å². The van der Waals surface area contributed by atoms with Crippen LogP contribution in [0.15, 0.2) is 0 Å². The van der Waals surface area contributed by atoms with Crippen molar-refractivity contribution in [2.24, 2.45) is 5.84 Å². The van der Waals surface area contributed by atoms with E-state index in [1.165, 1.54) is 7.05 Å². The second kappa shape index (κ2) is 6.29. The van der Waals surface area contributed by atoms with Crippen LogP contribution in [0.2, 0.25) is 0 Å². The van der Waals surface area contributed by atoms with Crippen molar-refractivity contribution in [1.29, 1.82) is 0 Å². The van der Waals surface area contributed by atoms with E-state index < -0.39 is 12.7 Å². The van der Waals surface area contributed by atoms with Gasteiger partial charge in [-0.25, -0.2) is 5.84 Å². The fourth-order valence-corrected chi connectivity index (χ4v) is 2.16. The van der Waals surface area contributed by atoms with Crippen LogP contribution in [0, 0.1) is 0 Å². The number of nitrogens with one attached hydrogen (secondary N) is 1. The summed E-state index contributed by atoms with van der Waals surface area (Å²) in [4.78, 5) is 15.0. The van der Waals surface area contributed by atoms with Gasteiger partial charge in [0.25, 0.3) is 0 Å². The van der Waals surface area contributed by atoms with Crippen molar-refractivity contribution in [1.82, 2.24) is 15.0 Å². The number of nitrogens with two attached hydrogens (primary N) is 1. The first-order chi connectivity index (χ1) is 9.89. The SMILES string of the molecule is CN(CC(F)(F)F)c1nc(NN)nc(N2CCCCC2)n1. The zero-order valence-electron chi connectivity index (χ0n) is 11.7. The molecule has 0 spiro atoms. The van der Waals surface area contributed by atoms with Crippen LogP contribution >= 0.6 is 0 Å². The van der Waals surface area contributed by atoms with E-state index in [0.29, 0.717) is 5.95 Å². The second-order valence-corrected chi connectivity index (χ2v) is 4.92. The maximum Gasteiger partial charge on any atom is 0.406 e. The number of nitrogens with zero attached hydrogens (tertiary/aromatic N) is 5. The summed E-state index contributed by atoms with van der Waals surface area (Å²) in [7, 11) is 1.28. The third-order valence-electron chi connectivity index (χ3n) is 3.14. The molecule has 0 unspecified atom stereocenters. The number of anilines is 3. The lowest BCUT2D eigenvalue weighted by molar-refractivity contribution is -0.119. The van der Waals surface area contributed by atoms with Crippen molar-refractivity contribution in [3.63, 3.8) is 0 Å². The summed E-state index contributed by atoms with van der Waals surface area (Å²) in [6.07, 6.45) is -1.19. The number of hydrazine groups is 1. The van der Waals surface area contributed by atoms with Crippen molar-refractivity contribution >= 4 is 17.8 Å². The molecule has 2 heterocycles. The second-order valence-electron chi connectivity index (χ2n) is 4.92. The van der Waals surface area contributed by atoms with E-state index in [2.05, 4.69) is 20.4 Å². The molecule has 118 valence electrons. The zero-order chi connectivity index (χ0) is 15.5. The van der Waals surface area contributed by atoms with E-state index in [9.17, 15) is 13.2 Å². The third-order valence-corrected chi connectivity index (χ3v) is 3.14. The predicted octanol–water partition coefficient (Wildman–Crippen LogP) is 1.15. The van der Waals surface area contributed by atoms with E-state index in [1.807, 2.05) is 4.90 Å². The average Bonchev–Trinajstić information content (AvgIpc) is 2.46. The smallest absolute Gasteiger partial charge is 0.341 e. The van der Waals surface area contributed by atoms with Crippen molar-refractivity contribution < 1.29 is 13.2 Å². The summed E-state index contributed by atoms with van der Waals surface area (Å²) in [5, 5.41) is 0. The summed E-state index contributed by atoms with van der Waals surface area (Å²) >= 11 is 0. The van der Waals surface area contributed by atoms with Crippen LogP contribution in [0.3, 0.4) is 0 Å². The summed E-state index contributed by atoms with van der Waals surface area (Å²) in [5.74, 6) is 5.62. The molecule has 7 nitrogen and oxygen atoms in total. The molecule has 2 rings (SSSR count). The molecule has 3 N–H and O–H groups in total. The molecular formula is C11H18F3N7. The van der Waals surface area contributed by atoms with Gasteiger partial charge in [-0.05, 0) is 19.3 Å². The highest BCUT2D eigenvalue weighted by Gasteiger charge is 2.31. The van der Waals surface area contributed by atoms with E-state index in [-0.39, 0.29) is 11.9 Å². The van der Waals surface area contributed by atoms with Crippen LogP contribution in [0.4, 0.5) is 31.0 Å². The Bertz CT molecular complexity index is 473. The molecule has 0 amide bonds. The Morgan fingerprint density at radius 2 is 1.86 bits per heavy atom. The first-order valence-corrected chi connectivity index (χ1v) is 6.64. The molecule has 0 atom stereocenters. The minimum atomic E-state index is -4.33. The van der Waals surface area contributed by atoms with Crippen molar-refractivity contribution in [3.05, 3.63) is 0 Å². The Hall–Kier alpha value is -1.84. The predicted molar refractivity (Wildman–Crippen MR) is 73.0 cm³/mol. The third kappa shape index (κ3) is 4.31. The van der Waals surface area contributed by atoms with E-state index >= 15 is 0 Å². The molecule has 0 aliphatic carbocycles. The lowest BCUT2D eigenvalue weighted by Gasteiger charge is -2.28. The Morgan fingerprint density at radius 3 is 2.43 bits per heavy atom. The minimum Gasteiger partial charge on any atom is -0.341 e. The van der Waals surface area contributed by atoms with Crippen LogP contribution < -0.4 is 21.1 Å². The van der Waals surface area contributed by atoms with Crippen LogP contribution in [0.5, 0.6) is 0 Å². The fourth-order valence-electron chi connectivity index (χ4n) is 2.16. The van der Waals surface area contributed by atoms with Gasteiger partial charge in [-0.2, -0.15) is 28.1 Å². The van der Waals surface area contributed by atoms with Crippen molar-refractivity contribution in [2.45, 2.75) is 25.4 Å². The monoisotopic (exact) mass is 305 g/mol. The molecule has 1 aliphatic heterocycles. The summed E-state index contributed by atoms with van der Waals surface area (Å²) in [6.45, 7) is 0.410. The molecule has 1 aromatic heterocycles. The van der Waals surface area contributed by atoms with Gasteiger partial charge in [-0.15, -0.1) is 0 Å². The largest absolute Gasteiger partial charge is 0.406 e. The van der Waals surface area contributed by atoms with Gasteiger partial charge < -0.3 is 9.80 Å². The number of hydrogen-bond acceptors (Lipinski definition) is 7. The number of rotatable bonds is 4. The van der Waals surface area contributed by atoms with Crippen molar-refractivity contribution in [2.75, 3.05) is 41.9 Å². The quantitative estimate of drug-likeness (QED) is 0.637. The van der Waals surface area contributed by atoms with Gasteiger partial charge in [-0.3, -0.25) is 5.43 Å². The standard InChI is InChI=1S/C11H18F3N7/c1-20(7-11(12,13)14)9-16-8(19-15)17-10(18-9)21-5-3-2-4-6-21/h2-7,15H2,1H3,(H,16,17,18,19). The van der Waals surface area contributed by atoms with Crippen LogP contribution in [0.1, 0.15) is 19.3 Å². The molecule has 0 bridgehead atoms. The molecule has 0 radical (unpaired) electrons. The zero-order valence-corrected chi connectivity index (χ0v) is 11.7. The van der Waals surface area contributed by atoms with E-state index in [1.54, 1.807) is 0 Å². The van der Waals surface area contributed by atoms with Crippen LogP contribution in [-0.4, -0.2) is 47.8 Å². The topological polar surface area (TPSA) is 83.2 Å². The molecular weight excluding hydrogens is 287 g/mol. The normalized spacial score (nSPS) is 16.0. The molecule has 1 fully saturated rings. The number of aromatic nitrogens is 3. The number of hydrogen-bond donors (Lipinski definition) is 2. The van der Waals surface area contributed by atoms with E-state index in [4.69, 9.17) is 5.84 Å².